The molecule has 150 valence electrons. The molecule has 0 aliphatic rings. The maximum atomic E-state index is 12.3. The highest BCUT2D eigenvalue weighted by Gasteiger charge is 2.13. The standard InChI is InChI=1S/C22H22N2O5/c1-3-15(2)16-4-10-19(11-5-16)28-14-20-12-13-21(29-20)22(25)23-17-6-8-18(9-7-17)24(26)27/h4-13,15H,3,14H2,1-2H3,(H,23,25). The van der Waals surface area contributed by atoms with Gasteiger partial charge in [-0.25, -0.2) is 0 Å². The molecular weight excluding hydrogens is 372 g/mol. The van der Waals surface area contributed by atoms with Crippen LogP contribution in [-0.2, 0) is 6.61 Å². The summed E-state index contributed by atoms with van der Waals surface area (Å²) in [5.74, 6) is 1.44. The van der Waals surface area contributed by atoms with Crippen molar-refractivity contribution in [2.75, 3.05) is 5.32 Å². The average molecular weight is 394 g/mol. The fraction of sp³-hybridized carbons (Fsp3) is 0.227. The number of nitro groups is 1. The Balaban J connectivity index is 1.55. The Kier molecular flexibility index (Phi) is 6.29. The molecule has 0 spiro atoms. The molecule has 0 radical (unpaired) electrons. The van der Waals surface area contributed by atoms with E-state index in [0.717, 1.165) is 12.2 Å². The van der Waals surface area contributed by atoms with Gasteiger partial charge in [-0.1, -0.05) is 26.0 Å². The Morgan fingerprint density at radius 1 is 1.10 bits per heavy atom. The third-order valence-electron chi connectivity index (χ3n) is 4.66. The second kappa shape index (κ2) is 9.05. The van der Waals surface area contributed by atoms with Gasteiger partial charge in [0.1, 0.15) is 18.1 Å². The van der Waals surface area contributed by atoms with E-state index in [9.17, 15) is 14.9 Å². The SMILES string of the molecule is CCC(C)c1ccc(OCc2ccc(C(=O)Nc3ccc([N+](=O)[O-])cc3)o2)cc1. The number of hydrogen-bond donors (Lipinski definition) is 1. The second-order valence-corrected chi connectivity index (χ2v) is 6.69. The van der Waals surface area contributed by atoms with Gasteiger partial charge in [0, 0.05) is 17.8 Å². The fourth-order valence-corrected chi connectivity index (χ4v) is 2.72. The first-order chi connectivity index (χ1) is 14.0. The van der Waals surface area contributed by atoms with Crippen LogP contribution in [0.3, 0.4) is 0 Å². The fourth-order valence-electron chi connectivity index (χ4n) is 2.72. The quantitative estimate of drug-likeness (QED) is 0.400. The number of nitrogens with one attached hydrogen (secondary N) is 1. The monoisotopic (exact) mass is 394 g/mol. The van der Waals surface area contributed by atoms with Crippen LogP contribution in [0, 0.1) is 10.1 Å². The molecule has 0 saturated carbocycles. The molecule has 0 bridgehead atoms. The molecule has 7 heteroatoms. The molecule has 1 atom stereocenters. The van der Waals surface area contributed by atoms with E-state index < -0.39 is 10.8 Å². The summed E-state index contributed by atoms with van der Waals surface area (Å²) in [6.07, 6.45) is 1.08. The van der Waals surface area contributed by atoms with E-state index in [0.29, 0.717) is 17.4 Å². The number of ether oxygens (including phenoxy) is 1. The van der Waals surface area contributed by atoms with Gasteiger partial charge in [0.15, 0.2) is 5.76 Å². The summed E-state index contributed by atoms with van der Waals surface area (Å²) in [4.78, 5) is 22.4. The van der Waals surface area contributed by atoms with Crippen molar-refractivity contribution in [1.29, 1.82) is 0 Å². The van der Waals surface area contributed by atoms with E-state index in [1.165, 1.54) is 29.8 Å². The number of hydrogen-bond acceptors (Lipinski definition) is 5. The number of anilines is 1. The molecule has 29 heavy (non-hydrogen) atoms. The molecule has 7 nitrogen and oxygen atoms in total. The van der Waals surface area contributed by atoms with E-state index in [1.807, 2.05) is 12.1 Å². The lowest BCUT2D eigenvalue weighted by Crippen LogP contribution is -2.10. The van der Waals surface area contributed by atoms with Crippen molar-refractivity contribution in [1.82, 2.24) is 0 Å². The molecular formula is C22H22N2O5. The first-order valence-corrected chi connectivity index (χ1v) is 9.33. The third kappa shape index (κ3) is 5.22. The summed E-state index contributed by atoms with van der Waals surface area (Å²) in [6, 6.07) is 16.8. The number of carbonyl (C=O) groups excluding carboxylic acids is 1. The van der Waals surface area contributed by atoms with Crippen LogP contribution in [0.4, 0.5) is 11.4 Å². The van der Waals surface area contributed by atoms with Crippen LogP contribution < -0.4 is 10.1 Å². The van der Waals surface area contributed by atoms with Gasteiger partial charge < -0.3 is 14.5 Å². The zero-order valence-corrected chi connectivity index (χ0v) is 16.3. The summed E-state index contributed by atoms with van der Waals surface area (Å²) >= 11 is 0. The van der Waals surface area contributed by atoms with Crippen LogP contribution in [0.15, 0.2) is 65.1 Å². The Bertz CT molecular complexity index is 977. The minimum atomic E-state index is -0.498. The lowest BCUT2D eigenvalue weighted by molar-refractivity contribution is -0.384. The second-order valence-electron chi connectivity index (χ2n) is 6.69. The topological polar surface area (TPSA) is 94.6 Å². The number of rotatable bonds is 8. The van der Waals surface area contributed by atoms with Crippen LogP contribution in [0.1, 0.15) is 48.1 Å². The molecule has 1 N–H and O–H groups in total. The van der Waals surface area contributed by atoms with Gasteiger partial charge in [0.05, 0.1) is 4.92 Å². The zero-order chi connectivity index (χ0) is 20.8. The molecule has 0 saturated heterocycles. The van der Waals surface area contributed by atoms with Crippen LogP contribution in [0.5, 0.6) is 5.75 Å². The van der Waals surface area contributed by atoms with Gasteiger partial charge in [0.25, 0.3) is 11.6 Å². The number of benzene rings is 2. The molecule has 0 aliphatic heterocycles. The summed E-state index contributed by atoms with van der Waals surface area (Å²) in [5.41, 5.74) is 1.66. The Morgan fingerprint density at radius 2 is 1.79 bits per heavy atom. The van der Waals surface area contributed by atoms with Crippen LogP contribution in [0.25, 0.3) is 0 Å². The highest BCUT2D eigenvalue weighted by Crippen LogP contribution is 2.22. The summed E-state index contributed by atoms with van der Waals surface area (Å²) < 4.78 is 11.3. The van der Waals surface area contributed by atoms with Crippen molar-refractivity contribution < 1.29 is 18.9 Å². The number of amides is 1. The van der Waals surface area contributed by atoms with Crippen LogP contribution in [-0.4, -0.2) is 10.8 Å². The van der Waals surface area contributed by atoms with E-state index in [1.54, 1.807) is 12.1 Å². The predicted molar refractivity (Wildman–Crippen MR) is 109 cm³/mol. The van der Waals surface area contributed by atoms with Gasteiger partial charge in [-0.2, -0.15) is 0 Å². The van der Waals surface area contributed by atoms with Crippen molar-refractivity contribution in [3.63, 3.8) is 0 Å². The number of non-ortho nitro benzene ring substituents is 1. The van der Waals surface area contributed by atoms with Gasteiger partial charge >= 0.3 is 0 Å². The van der Waals surface area contributed by atoms with E-state index >= 15 is 0 Å². The van der Waals surface area contributed by atoms with Gasteiger partial charge in [0.2, 0.25) is 0 Å². The maximum Gasteiger partial charge on any atom is 0.291 e. The van der Waals surface area contributed by atoms with Crippen molar-refractivity contribution in [3.05, 3.63) is 87.9 Å². The molecule has 0 aliphatic carbocycles. The largest absolute Gasteiger partial charge is 0.486 e. The highest BCUT2D eigenvalue weighted by molar-refractivity contribution is 6.02. The van der Waals surface area contributed by atoms with Gasteiger partial charge in [-0.05, 0) is 54.3 Å². The van der Waals surface area contributed by atoms with Crippen molar-refractivity contribution in [2.24, 2.45) is 0 Å². The molecule has 1 unspecified atom stereocenters. The van der Waals surface area contributed by atoms with E-state index in [4.69, 9.17) is 9.15 Å². The molecule has 1 aromatic heterocycles. The Labute approximate surface area is 168 Å². The Morgan fingerprint density at radius 3 is 2.41 bits per heavy atom. The van der Waals surface area contributed by atoms with Crippen molar-refractivity contribution >= 4 is 17.3 Å². The van der Waals surface area contributed by atoms with Crippen LogP contribution in [0.2, 0.25) is 0 Å². The predicted octanol–water partition coefficient (Wildman–Crippen LogP) is 5.53. The lowest BCUT2D eigenvalue weighted by Gasteiger charge is -2.10. The van der Waals surface area contributed by atoms with E-state index in [2.05, 4.69) is 31.3 Å². The van der Waals surface area contributed by atoms with Crippen molar-refractivity contribution in [2.45, 2.75) is 32.8 Å². The van der Waals surface area contributed by atoms with Gasteiger partial charge in [-0.15, -0.1) is 0 Å². The minimum Gasteiger partial charge on any atom is -0.486 e. The average Bonchev–Trinajstić information content (AvgIpc) is 3.22. The molecule has 1 amide bonds. The number of furan rings is 1. The number of carbonyl (C=O) groups is 1. The minimum absolute atomic E-state index is 0.0439. The first-order valence-electron chi connectivity index (χ1n) is 9.33. The van der Waals surface area contributed by atoms with Crippen molar-refractivity contribution in [3.8, 4) is 5.75 Å². The smallest absolute Gasteiger partial charge is 0.291 e. The Hall–Kier alpha value is -3.61. The molecule has 1 heterocycles. The van der Waals surface area contributed by atoms with Crippen LogP contribution >= 0.6 is 0 Å². The lowest BCUT2D eigenvalue weighted by atomic mass is 9.99. The summed E-state index contributed by atoms with van der Waals surface area (Å²) in [5, 5.41) is 13.3. The zero-order valence-electron chi connectivity index (χ0n) is 16.3. The molecule has 3 aromatic rings. The summed E-state index contributed by atoms with van der Waals surface area (Å²) in [7, 11) is 0. The third-order valence-corrected chi connectivity index (χ3v) is 4.66. The van der Waals surface area contributed by atoms with E-state index in [-0.39, 0.29) is 18.1 Å². The van der Waals surface area contributed by atoms with Gasteiger partial charge in [-0.3, -0.25) is 14.9 Å². The molecule has 2 aromatic carbocycles. The first kappa shape index (κ1) is 20.1. The molecule has 3 rings (SSSR count). The number of nitrogens with zero attached hydrogens (tertiary/aromatic N) is 1. The summed E-state index contributed by atoms with van der Waals surface area (Å²) in [6.45, 7) is 4.54. The highest BCUT2D eigenvalue weighted by atomic mass is 16.6. The molecule has 0 fully saturated rings. The normalized spacial score (nSPS) is 11.7. The maximum absolute atomic E-state index is 12.3. The number of nitro benzene ring substituents is 1.